The van der Waals surface area contributed by atoms with Gasteiger partial charge in [-0.3, -0.25) is 4.79 Å². The SMILES string of the molecule is O=C(NC1CCCC1)c1cc(Cc2ccc(Cl)nc2)c2ccccc2c1F. The smallest absolute Gasteiger partial charge is 0.254 e. The summed E-state index contributed by atoms with van der Waals surface area (Å²) in [5, 5.41) is 4.69. The normalized spacial score (nSPS) is 14.6. The number of halogens is 2. The Bertz CT molecular complexity index is 982. The molecule has 4 rings (SSSR count). The third-order valence-electron chi connectivity index (χ3n) is 5.18. The van der Waals surface area contributed by atoms with E-state index in [-0.39, 0.29) is 17.5 Å². The van der Waals surface area contributed by atoms with Crippen LogP contribution in [0.15, 0.2) is 48.7 Å². The van der Waals surface area contributed by atoms with Crippen LogP contribution in [0.5, 0.6) is 0 Å². The van der Waals surface area contributed by atoms with Crippen LogP contribution in [0.4, 0.5) is 4.39 Å². The molecule has 1 fully saturated rings. The lowest BCUT2D eigenvalue weighted by Gasteiger charge is -2.15. The van der Waals surface area contributed by atoms with Crippen LogP contribution in [0.2, 0.25) is 5.15 Å². The van der Waals surface area contributed by atoms with Gasteiger partial charge in [-0.2, -0.15) is 0 Å². The van der Waals surface area contributed by atoms with Gasteiger partial charge in [0.25, 0.3) is 5.91 Å². The summed E-state index contributed by atoms with van der Waals surface area (Å²) in [6, 6.07) is 12.7. The highest BCUT2D eigenvalue weighted by atomic mass is 35.5. The fraction of sp³-hybridized carbons (Fsp3) is 0.273. The first-order chi connectivity index (χ1) is 13.1. The van der Waals surface area contributed by atoms with Gasteiger partial charge >= 0.3 is 0 Å². The maximum absolute atomic E-state index is 15.1. The summed E-state index contributed by atoms with van der Waals surface area (Å²) >= 11 is 5.86. The van der Waals surface area contributed by atoms with Crippen LogP contribution >= 0.6 is 11.6 Å². The summed E-state index contributed by atoms with van der Waals surface area (Å²) in [6.45, 7) is 0. The number of carbonyl (C=O) groups is 1. The molecule has 138 valence electrons. The molecule has 0 aliphatic heterocycles. The van der Waals surface area contributed by atoms with E-state index in [1.54, 1.807) is 30.5 Å². The van der Waals surface area contributed by atoms with Gasteiger partial charge < -0.3 is 5.32 Å². The third-order valence-corrected chi connectivity index (χ3v) is 5.41. The van der Waals surface area contributed by atoms with E-state index in [9.17, 15) is 4.79 Å². The van der Waals surface area contributed by atoms with Gasteiger partial charge in [-0.05, 0) is 47.9 Å². The first-order valence-electron chi connectivity index (χ1n) is 9.23. The van der Waals surface area contributed by atoms with Gasteiger partial charge in [-0.1, -0.05) is 54.8 Å². The highest BCUT2D eigenvalue weighted by Crippen LogP contribution is 2.28. The van der Waals surface area contributed by atoms with Crippen LogP contribution in [0.25, 0.3) is 10.8 Å². The quantitative estimate of drug-likeness (QED) is 0.623. The monoisotopic (exact) mass is 382 g/mol. The first kappa shape index (κ1) is 17.9. The summed E-state index contributed by atoms with van der Waals surface area (Å²) in [7, 11) is 0. The van der Waals surface area contributed by atoms with Crippen molar-refractivity contribution in [3.8, 4) is 0 Å². The molecule has 1 aliphatic carbocycles. The van der Waals surface area contributed by atoms with E-state index in [4.69, 9.17) is 11.6 Å². The Labute approximate surface area is 162 Å². The fourth-order valence-corrected chi connectivity index (χ4v) is 3.90. The molecule has 1 aliphatic rings. The minimum absolute atomic E-state index is 0.109. The molecule has 5 heteroatoms. The van der Waals surface area contributed by atoms with E-state index in [2.05, 4.69) is 10.3 Å². The molecule has 1 aromatic heterocycles. The average molecular weight is 383 g/mol. The Kier molecular flexibility index (Phi) is 5.08. The van der Waals surface area contributed by atoms with Gasteiger partial charge in [0.2, 0.25) is 0 Å². The lowest BCUT2D eigenvalue weighted by Crippen LogP contribution is -2.33. The molecule has 0 spiro atoms. The van der Waals surface area contributed by atoms with Gasteiger partial charge in [0.1, 0.15) is 11.0 Å². The van der Waals surface area contributed by atoms with E-state index in [1.807, 2.05) is 18.2 Å². The number of nitrogens with zero attached hydrogens (tertiary/aromatic N) is 1. The van der Waals surface area contributed by atoms with Gasteiger partial charge in [0, 0.05) is 17.6 Å². The summed E-state index contributed by atoms with van der Waals surface area (Å²) in [5.74, 6) is -0.792. The molecule has 0 saturated heterocycles. The molecule has 1 amide bonds. The Morgan fingerprint density at radius 3 is 2.59 bits per heavy atom. The van der Waals surface area contributed by atoms with Crippen LogP contribution in [-0.4, -0.2) is 16.9 Å². The Morgan fingerprint density at radius 2 is 1.89 bits per heavy atom. The molecule has 1 heterocycles. The van der Waals surface area contributed by atoms with Gasteiger partial charge in [-0.15, -0.1) is 0 Å². The number of hydrogen-bond acceptors (Lipinski definition) is 2. The minimum Gasteiger partial charge on any atom is -0.349 e. The molecule has 2 aromatic carbocycles. The molecule has 27 heavy (non-hydrogen) atoms. The van der Waals surface area contributed by atoms with Crippen LogP contribution in [0, 0.1) is 5.82 Å². The van der Waals surface area contributed by atoms with Crippen molar-refractivity contribution in [3.63, 3.8) is 0 Å². The third kappa shape index (κ3) is 3.81. The van der Waals surface area contributed by atoms with E-state index >= 15 is 4.39 Å². The number of amides is 1. The maximum Gasteiger partial charge on any atom is 0.254 e. The zero-order valence-electron chi connectivity index (χ0n) is 14.8. The molecular formula is C22H20ClFN2O. The largest absolute Gasteiger partial charge is 0.349 e. The van der Waals surface area contributed by atoms with E-state index < -0.39 is 5.82 Å². The number of nitrogens with one attached hydrogen (secondary N) is 1. The summed E-state index contributed by atoms with van der Waals surface area (Å²) < 4.78 is 15.1. The molecule has 0 atom stereocenters. The minimum atomic E-state index is -0.459. The lowest BCUT2D eigenvalue weighted by atomic mass is 9.95. The van der Waals surface area contributed by atoms with Crippen molar-refractivity contribution in [2.24, 2.45) is 0 Å². The predicted octanol–water partition coefficient (Wildman–Crippen LogP) is 5.29. The summed E-state index contributed by atoms with van der Waals surface area (Å²) in [6.07, 6.45) is 6.40. The van der Waals surface area contributed by atoms with Crippen molar-refractivity contribution in [1.29, 1.82) is 0 Å². The van der Waals surface area contributed by atoms with Crippen molar-refractivity contribution in [3.05, 3.63) is 76.3 Å². The number of pyridine rings is 1. The molecule has 0 unspecified atom stereocenters. The number of hydrogen-bond donors (Lipinski definition) is 1. The summed E-state index contributed by atoms with van der Waals surface area (Å²) in [5.41, 5.74) is 1.96. The number of rotatable bonds is 4. The topological polar surface area (TPSA) is 42.0 Å². The number of carbonyl (C=O) groups excluding carboxylic acids is 1. The van der Waals surface area contributed by atoms with E-state index in [0.717, 1.165) is 42.2 Å². The van der Waals surface area contributed by atoms with Crippen molar-refractivity contribution in [2.45, 2.75) is 38.1 Å². The maximum atomic E-state index is 15.1. The second kappa shape index (κ2) is 7.65. The molecular weight excluding hydrogens is 363 g/mol. The number of fused-ring (bicyclic) bond motifs is 1. The van der Waals surface area contributed by atoms with E-state index in [0.29, 0.717) is 17.0 Å². The molecule has 1 saturated carbocycles. The molecule has 1 N–H and O–H groups in total. The van der Waals surface area contributed by atoms with Crippen LogP contribution in [0.3, 0.4) is 0 Å². The van der Waals surface area contributed by atoms with Crippen molar-refractivity contribution in [1.82, 2.24) is 10.3 Å². The first-order valence-corrected chi connectivity index (χ1v) is 9.61. The van der Waals surface area contributed by atoms with Crippen molar-refractivity contribution >= 4 is 28.3 Å². The van der Waals surface area contributed by atoms with Crippen LogP contribution in [-0.2, 0) is 6.42 Å². The zero-order valence-corrected chi connectivity index (χ0v) is 15.6. The lowest BCUT2D eigenvalue weighted by molar-refractivity contribution is 0.0934. The fourth-order valence-electron chi connectivity index (χ4n) is 3.79. The van der Waals surface area contributed by atoms with Gasteiger partial charge in [-0.25, -0.2) is 9.37 Å². The molecule has 3 aromatic rings. The Morgan fingerprint density at radius 1 is 1.15 bits per heavy atom. The van der Waals surface area contributed by atoms with Gasteiger partial charge in [0.15, 0.2) is 0 Å². The van der Waals surface area contributed by atoms with Crippen molar-refractivity contribution in [2.75, 3.05) is 0 Å². The number of benzene rings is 2. The molecule has 3 nitrogen and oxygen atoms in total. The second-order valence-electron chi connectivity index (χ2n) is 7.06. The Hall–Kier alpha value is -2.46. The number of aromatic nitrogens is 1. The van der Waals surface area contributed by atoms with Crippen LogP contribution in [0.1, 0.15) is 47.2 Å². The standard InChI is InChI=1S/C22H20ClFN2O/c23-20-10-9-14(13-25-20)11-15-12-19(22(27)26-16-5-1-2-6-16)21(24)18-8-4-3-7-17(15)18/h3-4,7-10,12-13,16H,1-2,5-6,11H2,(H,26,27). The van der Waals surface area contributed by atoms with Crippen LogP contribution < -0.4 is 5.32 Å². The summed E-state index contributed by atoms with van der Waals surface area (Å²) in [4.78, 5) is 16.8. The van der Waals surface area contributed by atoms with Gasteiger partial charge in [0.05, 0.1) is 5.56 Å². The second-order valence-corrected chi connectivity index (χ2v) is 7.45. The zero-order chi connectivity index (χ0) is 18.8. The Balaban J connectivity index is 1.74. The predicted molar refractivity (Wildman–Crippen MR) is 106 cm³/mol. The van der Waals surface area contributed by atoms with E-state index in [1.165, 1.54) is 0 Å². The highest BCUT2D eigenvalue weighted by Gasteiger charge is 2.22. The highest BCUT2D eigenvalue weighted by molar-refractivity contribution is 6.29. The van der Waals surface area contributed by atoms with Crippen molar-refractivity contribution < 1.29 is 9.18 Å². The molecule has 0 radical (unpaired) electrons. The average Bonchev–Trinajstić information content (AvgIpc) is 3.19. The molecule has 0 bridgehead atoms.